The first kappa shape index (κ1) is 20.3. The van der Waals surface area contributed by atoms with Gasteiger partial charge >= 0.3 is 5.97 Å². The van der Waals surface area contributed by atoms with Crippen LogP contribution in [0.5, 0.6) is 0 Å². The number of imidazole rings is 1. The standard InChI is InChI=1S/C25H23N3O3/c1-4-28-22-12-10-16(24(29)26-3)14-21(22)27-23(28)19-8-6-5-7-17(19)18-11-9-15(2)13-20(18)25(30)31/h5-14H,4H2,1-3H3,(H,26,29)(H,30,31). The van der Waals surface area contributed by atoms with Gasteiger partial charge in [0.2, 0.25) is 0 Å². The van der Waals surface area contributed by atoms with Crippen LogP contribution in [0.15, 0.2) is 60.7 Å². The Balaban J connectivity index is 1.97. The van der Waals surface area contributed by atoms with Crippen molar-refractivity contribution in [3.8, 4) is 22.5 Å². The van der Waals surface area contributed by atoms with E-state index >= 15 is 0 Å². The molecule has 0 radical (unpaired) electrons. The molecule has 0 atom stereocenters. The number of fused-ring (bicyclic) bond motifs is 1. The van der Waals surface area contributed by atoms with Crippen molar-refractivity contribution < 1.29 is 14.7 Å². The van der Waals surface area contributed by atoms with Gasteiger partial charge in [0.1, 0.15) is 5.82 Å². The van der Waals surface area contributed by atoms with E-state index in [0.29, 0.717) is 17.7 Å². The number of carboxylic acid groups (broad SMARTS) is 1. The zero-order valence-electron chi connectivity index (χ0n) is 17.6. The fourth-order valence-corrected chi connectivity index (χ4v) is 3.92. The summed E-state index contributed by atoms with van der Waals surface area (Å²) in [6.45, 7) is 4.59. The van der Waals surface area contributed by atoms with Gasteiger partial charge in [0.05, 0.1) is 16.6 Å². The van der Waals surface area contributed by atoms with Crippen molar-refractivity contribution >= 4 is 22.9 Å². The van der Waals surface area contributed by atoms with Crippen molar-refractivity contribution in [2.75, 3.05) is 7.05 Å². The molecule has 0 aliphatic heterocycles. The van der Waals surface area contributed by atoms with Crippen LogP contribution >= 0.6 is 0 Å². The fourth-order valence-electron chi connectivity index (χ4n) is 3.92. The first-order valence-corrected chi connectivity index (χ1v) is 10.1. The predicted octanol–water partition coefficient (Wildman–Crippen LogP) is 4.76. The average molecular weight is 413 g/mol. The lowest BCUT2D eigenvalue weighted by Crippen LogP contribution is -2.17. The van der Waals surface area contributed by atoms with Crippen LogP contribution in [-0.4, -0.2) is 33.6 Å². The summed E-state index contributed by atoms with van der Waals surface area (Å²) >= 11 is 0. The van der Waals surface area contributed by atoms with Gasteiger partial charge in [0.25, 0.3) is 5.91 Å². The molecule has 1 amide bonds. The van der Waals surface area contributed by atoms with E-state index in [9.17, 15) is 14.7 Å². The number of carbonyl (C=O) groups is 2. The van der Waals surface area contributed by atoms with E-state index in [1.54, 1.807) is 25.2 Å². The molecule has 31 heavy (non-hydrogen) atoms. The largest absolute Gasteiger partial charge is 0.478 e. The van der Waals surface area contributed by atoms with Crippen molar-refractivity contribution in [1.29, 1.82) is 0 Å². The Bertz CT molecular complexity index is 1320. The Hall–Kier alpha value is -3.93. The van der Waals surface area contributed by atoms with Gasteiger partial charge in [0, 0.05) is 24.7 Å². The summed E-state index contributed by atoms with van der Waals surface area (Å²) in [6, 6.07) is 18.6. The monoisotopic (exact) mass is 413 g/mol. The fraction of sp³-hybridized carbons (Fsp3) is 0.160. The van der Waals surface area contributed by atoms with E-state index < -0.39 is 5.97 Å². The first-order chi connectivity index (χ1) is 14.9. The Morgan fingerprint density at radius 1 is 1.00 bits per heavy atom. The predicted molar refractivity (Wildman–Crippen MR) is 121 cm³/mol. The van der Waals surface area contributed by atoms with Gasteiger partial charge in [-0.15, -0.1) is 0 Å². The van der Waals surface area contributed by atoms with Crippen molar-refractivity contribution in [2.45, 2.75) is 20.4 Å². The number of amides is 1. The summed E-state index contributed by atoms with van der Waals surface area (Å²) < 4.78 is 2.08. The number of hydrogen-bond donors (Lipinski definition) is 2. The average Bonchev–Trinajstić information content (AvgIpc) is 3.16. The number of carbonyl (C=O) groups excluding carboxylic acids is 1. The molecule has 0 saturated heterocycles. The number of nitrogens with zero attached hydrogens (tertiary/aromatic N) is 2. The molecule has 156 valence electrons. The molecule has 0 aliphatic rings. The number of aryl methyl sites for hydroxylation is 2. The van der Waals surface area contributed by atoms with Gasteiger partial charge < -0.3 is 15.0 Å². The van der Waals surface area contributed by atoms with Crippen LogP contribution < -0.4 is 5.32 Å². The molecule has 0 unspecified atom stereocenters. The van der Waals surface area contributed by atoms with Gasteiger partial charge in [-0.3, -0.25) is 4.79 Å². The van der Waals surface area contributed by atoms with Crippen LogP contribution in [0, 0.1) is 6.92 Å². The molecule has 3 aromatic carbocycles. The minimum absolute atomic E-state index is 0.166. The summed E-state index contributed by atoms with van der Waals surface area (Å²) in [6.07, 6.45) is 0. The molecule has 1 aromatic heterocycles. The van der Waals surface area contributed by atoms with Gasteiger partial charge in [-0.2, -0.15) is 0 Å². The maximum atomic E-state index is 12.1. The molecular weight excluding hydrogens is 390 g/mol. The Kier molecular flexibility index (Phi) is 5.29. The number of benzene rings is 3. The van der Waals surface area contributed by atoms with E-state index in [-0.39, 0.29) is 11.5 Å². The van der Waals surface area contributed by atoms with Crippen molar-refractivity contribution in [1.82, 2.24) is 14.9 Å². The third kappa shape index (κ3) is 3.57. The Labute approximate surface area is 180 Å². The molecule has 0 aliphatic carbocycles. The summed E-state index contributed by atoms with van der Waals surface area (Å²) in [7, 11) is 1.60. The normalized spacial score (nSPS) is 10.9. The Morgan fingerprint density at radius 2 is 1.74 bits per heavy atom. The lowest BCUT2D eigenvalue weighted by Gasteiger charge is -2.14. The Morgan fingerprint density at radius 3 is 2.42 bits per heavy atom. The number of aromatic carboxylic acids is 1. The summed E-state index contributed by atoms with van der Waals surface area (Å²) in [5.41, 5.74) is 5.62. The van der Waals surface area contributed by atoms with E-state index in [1.165, 1.54) is 0 Å². The highest BCUT2D eigenvalue weighted by molar-refractivity contribution is 6.00. The second-order valence-electron chi connectivity index (χ2n) is 7.36. The molecule has 1 heterocycles. The molecule has 6 nitrogen and oxygen atoms in total. The van der Waals surface area contributed by atoms with Crippen LogP contribution in [0.25, 0.3) is 33.5 Å². The zero-order valence-corrected chi connectivity index (χ0v) is 17.6. The first-order valence-electron chi connectivity index (χ1n) is 10.1. The smallest absolute Gasteiger partial charge is 0.336 e. The van der Waals surface area contributed by atoms with Crippen molar-refractivity contribution in [2.24, 2.45) is 0 Å². The molecule has 6 heteroatoms. The molecule has 0 saturated carbocycles. The topological polar surface area (TPSA) is 84.2 Å². The van der Waals surface area contributed by atoms with Crippen LogP contribution in [0.4, 0.5) is 0 Å². The minimum atomic E-state index is -0.965. The molecule has 4 aromatic rings. The number of aromatic nitrogens is 2. The lowest BCUT2D eigenvalue weighted by atomic mass is 9.93. The highest BCUT2D eigenvalue weighted by atomic mass is 16.4. The van der Waals surface area contributed by atoms with Crippen LogP contribution in [-0.2, 0) is 6.54 Å². The zero-order chi connectivity index (χ0) is 22.1. The highest BCUT2D eigenvalue weighted by Gasteiger charge is 2.20. The quantitative estimate of drug-likeness (QED) is 0.494. The summed E-state index contributed by atoms with van der Waals surface area (Å²) in [4.78, 5) is 28.8. The van der Waals surface area contributed by atoms with E-state index in [0.717, 1.165) is 33.5 Å². The van der Waals surface area contributed by atoms with E-state index in [2.05, 4.69) is 9.88 Å². The third-order valence-electron chi connectivity index (χ3n) is 5.42. The van der Waals surface area contributed by atoms with Gasteiger partial charge in [-0.05, 0) is 49.2 Å². The lowest BCUT2D eigenvalue weighted by molar-refractivity contribution is 0.0697. The number of carboxylic acids is 1. The van der Waals surface area contributed by atoms with Gasteiger partial charge in [-0.1, -0.05) is 42.0 Å². The van der Waals surface area contributed by atoms with Gasteiger partial charge in [0.15, 0.2) is 0 Å². The maximum Gasteiger partial charge on any atom is 0.336 e. The highest BCUT2D eigenvalue weighted by Crippen LogP contribution is 2.35. The molecule has 4 rings (SSSR count). The number of rotatable bonds is 5. The van der Waals surface area contributed by atoms with Gasteiger partial charge in [-0.25, -0.2) is 9.78 Å². The second-order valence-corrected chi connectivity index (χ2v) is 7.36. The SMILES string of the molecule is CCn1c(-c2ccccc2-c2ccc(C)cc2C(=O)O)nc2cc(C(=O)NC)ccc21. The van der Waals surface area contributed by atoms with Crippen LogP contribution in [0.1, 0.15) is 33.2 Å². The third-order valence-corrected chi connectivity index (χ3v) is 5.42. The molecule has 0 bridgehead atoms. The summed E-state index contributed by atoms with van der Waals surface area (Å²) in [5.74, 6) is -0.396. The van der Waals surface area contributed by atoms with Crippen molar-refractivity contribution in [3.63, 3.8) is 0 Å². The van der Waals surface area contributed by atoms with E-state index in [1.807, 2.05) is 56.3 Å². The van der Waals surface area contributed by atoms with Crippen LogP contribution in [0.3, 0.4) is 0 Å². The number of nitrogens with one attached hydrogen (secondary N) is 1. The molecule has 0 fully saturated rings. The maximum absolute atomic E-state index is 12.1. The minimum Gasteiger partial charge on any atom is -0.478 e. The van der Waals surface area contributed by atoms with E-state index in [4.69, 9.17) is 4.98 Å². The van der Waals surface area contributed by atoms with Crippen LogP contribution in [0.2, 0.25) is 0 Å². The molecular formula is C25H23N3O3. The molecule has 0 spiro atoms. The summed E-state index contributed by atoms with van der Waals surface area (Å²) in [5, 5.41) is 12.4. The molecule has 2 N–H and O–H groups in total. The number of hydrogen-bond acceptors (Lipinski definition) is 3. The second kappa shape index (κ2) is 8.07. The van der Waals surface area contributed by atoms with Crippen molar-refractivity contribution in [3.05, 3.63) is 77.4 Å².